The van der Waals surface area contributed by atoms with Crippen molar-refractivity contribution >= 4 is 25.8 Å². The van der Waals surface area contributed by atoms with Crippen LogP contribution in [0, 0.1) is 17.0 Å². The molecule has 7 heteroatoms. The third kappa shape index (κ3) is 3.15. The highest BCUT2D eigenvalue weighted by atomic mass is 32.2. The summed E-state index contributed by atoms with van der Waals surface area (Å²) in [6.07, 6.45) is 2.08. The summed E-state index contributed by atoms with van der Waals surface area (Å²) in [6.45, 7) is 5.94. The Morgan fingerprint density at radius 1 is 1.50 bits per heavy atom. The second-order valence-electron chi connectivity index (χ2n) is 5.76. The molecule has 2 aromatic rings. The van der Waals surface area contributed by atoms with Crippen LogP contribution >= 0.6 is 14.8 Å². The van der Waals surface area contributed by atoms with E-state index in [4.69, 9.17) is 4.52 Å². The smallest absolute Gasteiger partial charge is 0.245 e. The Labute approximate surface area is 132 Å². The van der Waals surface area contributed by atoms with Gasteiger partial charge in [-0.1, -0.05) is 30.7 Å². The molecule has 0 saturated carbocycles. The molecule has 0 radical (unpaired) electrons. The van der Waals surface area contributed by atoms with E-state index in [2.05, 4.69) is 35.8 Å². The second kappa shape index (κ2) is 6.59. The van der Waals surface area contributed by atoms with Gasteiger partial charge in [0.15, 0.2) is 5.90 Å². The van der Waals surface area contributed by atoms with Gasteiger partial charge in [-0.25, -0.2) is 9.21 Å². The van der Waals surface area contributed by atoms with Gasteiger partial charge in [-0.2, -0.15) is 0 Å². The molecule has 3 atom stereocenters. The van der Waals surface area contributed by atoms with Crippen LogP contribution in [0.3, 0.4) is 0 Å². The van der Waals surface area contributed by atoms with Gasteiger partial charge in [0.2, 0.25) is 0 Å². The molecule has 1 aromatic carbocycles. The quantitative estimate of drug-likeness (QED) is 0.709. The fourth-order valence-electron chi connectivity index (χ4n) is 2.55. The first-order valence-electron chi connectivity index (χ1n) is 7.62. The van der Waals surface area contributed by atoms with Gasteiger partial charge in [-0.05, 0) is 31.1 Å². The lowest BCUT2D eigenvalue weighted by molar-refractivity contribution is 0.251. The number of para-hydroxylation sites is 1. The zero-order chi connectivity index (χ0) is 15.6. The molecule has 1 fully saturated rings. The van der Waals surface area contributed by atoms with E-state index in [1.165, 1.54) is 0 Å². The minimum absolute atomic E-state index is 0.123. The molecule has 1 aliphatic heterocycles. The van der Waals surface area contributed by atoms with Crippen LogP contribution in [0.1, 0.15) is 19.8 Å². The van der Waals surface area contributed by atoms with Crippen LogP contribution in [0.4, 0.5) is 0 Å². The van der Waals surface area contributed by atoms with Crippen molar-refractivity contribution in [2.45, 2.75) is 26.3 Å². The molecule has 2 heterocycles. The molecule has 0 bridgehead atoms. The average molecular weight is 335 g/mol. The van der Waals surface area contributed by atoms with E-state index in [1.54, 1.807) is 0 Å². The number of hydrogen-bond acceptors (Lipinski definition) is 4. The third-order valence-electron chi connectivity index (χ3n) is 4.29. The number of nitriles is 1. The topological polar surface area (TPSA) is 63.7 Å². The lowest BCUT2D eigenvalue weighted by Crippen LogP contribution is -2.11. The summed E-state index contributed by atoms with van der Waals surface area (Å²) in [4.78, 5) is 0. The van der Waals surface area contributed by atoms with Gasteiger partial charge >= 0.3 is 0 Å². The molecule has 1 aromatic heterocycles. The molecule has 3 unspecified atom stereocenters. The van der Waals surface area contributed by atoms with Crippen molar-refractivity contribution in [3.05, 3.63) is 24.3 Å². The number of benzene rings is 1. The molecule has 5 nitrogen and oxygen atoms in total. The van der Waals surface area contributed by atoms with Gasteiger partial charge in [0.25, 0.3) is 13.0 Å². The first-order chi connectivity index (χ1) is 10.7. The second-order valence-corrected chi connectivity index (χ2v) is 14.1. The molecule has 0 amide bonds. The number of fused-ring (bicyclic) bond motifs is 1. The summed E-state index contributed by atoms with van der Waals surface area (Å²) < 4.78 is 8.02. The summed E-state index contributed by atoms with van der Waals surface area (Å²) in [5, 5.41) is 17.7. The highest BCUT2D eigenvalue weighted by Gasteiger charge is 2.66. The van der Waals surface area contributed by atoms with Crippen LogP contribution in [0.2, 0.25) is 0 Å². The number of hydrogen-bond donors (Lipinski definition) is 0. The first kappa shape index (κ1) is 15.8. The van der Waals surface area contributed by atoms with Gasteiger partial charge in [0, 0.05) is 6.54 Å². The standard InChI is InChI=1S/C15H21N4OP2/c1-3-13(10-20-22(11-16)12-21(22)2)8-9-19-15-7-5-4-6-14(15)17-18-19/h4-7,13H,3,8-10,12H2,1-2H3/q+1. The summed E-state index contributed by atoms with van der Waals surface area (Å²) >= 11 is 0. The Bertz CT molecular complexity index is 698. The summed E-state index contributed by atoms with van der Waals surface area (Å²) in [6, 6.07) is 8.03. The number of aromatic nitrogens is 3. The SMILES string of the molecule is CCC(CCn1nnc2ccccc21)CO[P+]1(C#N)CP1C. The van der Waals surface area contributed by atoms with Crippen LogP contribution in [-0.4, -0.2) is 34.2 Å². The minimum atomic E-state index is -1.62. The number of nitrogens with zero attached hydrogens (tertiary/aromatic N) is 4. The van der Waals surface area contributed by atoms with Gasteiger partial charge < -0.3 is 0 Å². The monoisotopic (exact) mass is 335 g/mol. The molecule has 0 N–H and O–H groups in total. The largest absolute Gasteiger partial charge is 0.278 e. The van der Waals surface area contributed by atoms with E-state index in [-0.39, 0.29) is 7.61 Å². The molecular weight excluding hydrogens is 314 g/mol. The number of rotatable bonds is 7. The van der Waals surface area contributed by atoms with E-state index in [9.17, 15) is 5.26 Å². The fraction of sp³-hybridized carbons (Fsp3) is 0.533. The molecule has 1 saturated heterocycles. The Hall–Kier alpha value is -1.07. The third-order valence-corrected chi connectivity index (χ3v) is 12.7. The molecule has 116 valence electrons. The molecule has 1 aliphatic rings. The summed E-state index contributed by atoms with van der Waals surface area (Å²) in [5.74, 6) is 3.99. The predicted molar refractivity (Wildman–Crippen MR) is 92.1 cm³/mol. The van der Waals surface area contributed by atoms with Crippen LogP contribution < -0.4 is 0 Å². The van der Waals surface area contributed by atoms with E-state index in [1.807, 2.05) is 22.9 Å². The summed E-state index contributed by atoms with van der Waals surface area (Å²) in [7, 11) is -1.74. The van der Waals surface area contributed by atoms with Crippen molar-refractivity contribution in [3.8, 4) is 5.81 Å². The van der Waals surface area contributed by atoms with Crippen LogP contribution in [0.15, 0.2) is 24.3 Å². The Balaban J connectivity index is 1.56. The molecule has 3 rings (SSSR count). The van der Waals surface area contributed by atoms with Crippen molar-refractivity contribution in [1.82, 2.24) is 15.0 Å². The van der Waals surface area contributed by atoms with E-state index in [0.717, 1.165) is 42.9 Å². The lowest BCUT2D eigenvalue weighted by Gasteiger charge is -2.13. The maximum absolute atomic E-state index is 9.28. The first-order valence-corrected chi connectivity index (χ1v) is 12.2. The zero-order valence-corrected chi connectivity index (χ0v) is 14.8. The van der Waals surface area contributed by atoms with Crippen molar-refractivity contribution in [3.63, 3.8) is 0 Å². The van der Waals surface area contributed by atoms with Crippen LogP contribution in [0.25, 0.3) is 11.0 Å². The maximum Gasteiger partial charge on any atom is 0.278 e. The average Bonchev–Trinajstić information content (AvgIpc) is 3.02. The minimum Gasteiger partial charge on any atom is -0.245 e. The Morgan fingerprint density at radius 2 is 2.27 bits per heavy atom. The van der Waals surface area contributed by atoms with Gasteiger partial charge in [-0.3, -0.25) is 0 Å². The highest BCUT2D eigenvalue weighted by Crippen LogP contribution is 3.01. The van der Waals surface area contributed by atoms with Gasteiger partial charge in [-0.15, -0.1) is 10.4 Å². The van der Waals surface area contributed by atoms with Gasteiger partial charge in [0.05, 0.1) is 12.1 Å². The highest BCUT2D eigenvalue weighted by molar-refractivity contribution is 8.53. The van der Waals surface area contributed by atoms with Crippen molar-refractivity contribution in [1.29, 1.82) is 5.26 Å². The fourth-order valence-corrected chi connectivity index (χ4v) is 9.41. The molecular formula is C15H21N4OP2+. The maximum atomic E-state index is 9.28. The molecule has 0 spiro atoms. The van der Waals surface area contributed by atoms with Crippen molar-refractivity contribution in [2.24, 2.45) is 5.92 Å². The van der Waals surface area contributed by atoms with E-state index in [0.29, 0.717) is 5.92 Å². The lowest BCUT2D eigenvalue weighted by atomic mass is 10.0. The van der Waals surface area contributed by atoms with Crippen LogP contribution in [0.5, 0.6) is 0 Å². The zero-order valence-electron chi connectivity index (χ0n) is 13.0. The number of aryl methyl sites for hydroxylation is 1. The molecule has 0 aliphatic carbocycles. The van der Waals surface area contributed by atoms with Crippen LogP contribution in [-0.2, 0) is 11.1 Å². The normalized spacial score (nSPS) is 25.0. The van der Waals surface area contributed by atoms with Gasteiger partial charge in [0.1, 0.15) is 13.1 Å². The predicted octanol–water partition coefficient (Wildman–Crippen LogP) is 4.28. The Kier molecular flexibility index (Phi) is 4.73. The van der Waals surface area contributed by atoms with E-state index >= 15 is 0 Å². The summed E-state index contributed by atoms with van der Waals surface area (Å²) in [5.41, 5.74) is 2.02. The van der Waals surface area contributed by atoms with Crippen molar-refractivity contribution in [2.75, 3.05) is 19.2 Å². The van der Waals surface area contributed by atoms with Crippen molar-refractivity contribution < 1.29 is 4.52 Å². The molecule has 22 heavy (non-hydrogen) atoms. The van der Waals surface area contributed by atoms with E-state index < -0.39 is 7.18 Å². The Morgan fingerprint density at radius 3 is 2.95 bits per heavy atom.